The Balaban J connectivity index is 2.74. The highest BCUT2D eigenvalue weighted by atomic mass is 16.1. The van der Waals surface area contributed by atoms with Crippen LogP contribution in [0.25, 0.3) is 0 Å². The molecule has 0 saturated heterocycles. The van der Waals surface area contributed by atoms with E-state index in [-0.39, 0.29) is 0 Å². The molecule has 0 aromatic carbocycles. The van der Waals surface area contributed by atoms with E-state index in [1.807, 2.05) is 17.8 Å². The third-order valence-electron chi connectivity index (χ3n) is 1.37. The van der Waals surface area contributed by atoms with Gasteiger partial charge in [-0.1, -0.05) is 0 Å². The number of carbonyl (C=O) groups excluding carboxylic acids is 1. The zero-order chi connectivity index (χ0) is 6.69. The van der Waals surface area contributed by atoms with Gasteiger partial charge in [0, 0.05) is 6.42 Å². The molecule has 2 nitrogen and oxygen atoms in total. The Morgan fingerprint density at radius 3 is 3.00 bits per heavy atom. The molecule has 0 aliphatic carbocycles. The Kier molecular flexibility index (Phi) is 1.78. The van der Waals surface area contributed by atoms with Crippen molar-refractivity contribution in [2.45, 2.75) is 12.8 Å². The van der Waals surface area contributed by atoms with Gasteiger partial charge < -0.3 is 0 Å². The zero-order valence-corrected chi connectivity index (χ0v) is 5.50. The zero-order valence-electron chi connectivity index (χ0n) is 5.50. The van der Waals surface area contributed by atoms with E-state index in [0.717, 1.165) is 24.7 Å². The van der Waals surface area contributed by atoms with E-state index < -0.39 is 0 Å². The van der Waals surface area contributed by atoms with E-state index >= 15 is 0 Å². The van der Waals surface area contributed by atoms with E-state index in [4.69, 9.17) is 0 Å². The minimum atomic E-state index is 0.889. The van der Waals surface area contributed by atoms with Crippen molar-refractivity contribution < 1.29 is 9.37 Å². The van der Waals surface area contributed by atoms with Gasteiger partial charge in [-0.25, -0.2) is 4.58 Å². The van der Waals surface area contributed by atoms with Gasteiger partial charge in [0.2, 0.25) is 0 Å². The molecular weight excluding hydrogens is 114 g/mol. The third-order valence-corrected chi connectivity index (χ3v) is 1.37. The van der Waals surface area contributed by atoms with Crippen molar-refractivity contribution in [3.63, 3.8) is 0 Å². The Morgan fingerprint density at radius 1 is 1.78 bits per heavy atom. The van der Waals surface area contributed by atoms with Crippen LogP contribution in [-0.2, 0) is 4.79 Å². The molecule has 48 valence electrons. The molecule has 0 saturated carbocycles. The predicted octanol–water partition coefficient (Wildman–Crippen LogP) is 0.576. The summed E-state index contributed by atoms with van der Waals surface area (Å²) in [6.07, 6.45) is 6.72. The molecule has 0 fully saturated rings. The fourth-order valence-electron chi connectivity index (χ4n) is 0.903. The van der Waals surface area contributed by atoms with Crippen molar-refractivity contribution in [3.8, 4) is 0 Å². The first-order valence-electron chi connectivity index (χ1n) is 3.04. The second-order valence-corrected chi connectivity index (χ2v) is 2.21. The maximum absolute atomic E-state index is 10.2. The number of hydrogen-bond donors (Lipinski definition) is 0. The molecule has 0 aromatic heterocycles. The molecule has 2 heteroatoms. The molecule has 1 aliphatic rings. The molecule has 0 spiro atoms. The lowest BCUT2D eigenvalue weighted by Crippen LogP contribution is -2.06. The number of hydrogen-bond acceptors (Lipinski definition) is 1. The van der Waals surface area contributed by atoms with Crippen LogP contribution in [0.2, 0.25) is 0 Å². The fraction of sp³-hybridized carbons (Fsp3) is 0.429. The van der Waals surface area contributed by atoms with E-state index in [0.29, 0.717) is 0 Å². The number of carbonyl (C=O) groups is 1. The third kappa shape index (κ3) is 1.49. The molecule has 0 unspecified atom stereocenters. The summed E-state index contributed by atoms with van der Waals surface area (Å²) in [6, 6.07) is 0. The van der Waals surface area contributed by atoms with Crippen molar-refractivity contribution in [1.82, 2.24) is 0 Å². The summed E-state index contributed by atoms with van der Waals surface area (Å²) >= 11 is 0. The second kappa shape index (κ2) is 2.58. The highest BCUT2D eigenvalue weighted by Gasteiger charge is 2.05. The summed E-state index contributed by atoms with van der Waals surface area (Å²) in [5.74, 6) is 0. The van der Waals surface area contributed by atoms with Crippen LogP contribution in [0.15, 0.2) is 11.8 Å². The first-order valence-corrected chi connectivity index (χ1v) is 3.04. The van der Waals surface area contributed by atoms with Gasteiger partial charge in [-0.15, -0.1) is 0 Å². The van der Waals surface area contributed by atoms with Crippen LogP contribution in [-0.4, -0.2) is 24.1 Å². The number of allylic oxidation sites excluding steroid dienone is 1. The monoisotopic (exact) mass is 124 g/mol. The van der Waals surface area contributed by atoms with Crippen LogP contribution < -0.4 is 0 Å². The predicted molar refractivity (Wildman–Crippen MR) is 35.6 cm³/mol. The smallest absolute Gasteiger partial charge is 0.174 e. The average Bonchev–Trinajstić information content (AvgIpc) is 1.88. The van der Waals surface area contributed by atoms with Gasteiger partial charge in [-0.05, 0) is 6.42 Å². The Hall–Kier alpha value is -0.920. The van der Waals surface area contributed by atoms with E-state index in [2.05, 4.69) is 6.21 Å². The SMILES string of the molecule is C[N+]1=CCCC(C=O)=C1. The molecule has 0 amide bonds. The molecular formula is C7H10NO+. The van der Waals surface area contributed by atoms with Gasteiger partial charge in [0.1, 0.15) is 13.3 Å². The molecule has 0 aromatic rings. The maximum Gasteiger partial charge on any atom is 0.174 e. The van der Waals surface area contributed by atoms with Crippen LogP contribution in [0.5, 0.6) is 0 Å². The largest absolute Gasteiger partial charge is 0.298 e. The quantitative estimate of drug-likeness (QED) is 0.370. The van der Waals surface area contributed by atoms with Gasteiger partial charge in [-0.3, -0.25) is 4.79 Å². The van der Waals surface area contributed by atoms with Crippen LogP contribution in [0.1, 0.15) is 12.8 Å². The molecule has 1 heterocycles. The average molecular weight is 124 g/mol. The number of rotatable bonds is 1. The summed E-state index contributed by atoms with van der Waals surface area (Å²) in [5, 5.41) is 0. The standard InChI is InChI=1S/C7H10NO/c1-8-4-2-3-7(5-8)6-9/h4-6H,2-3H2,1H3/q+1. The van der Waals surface area contributed by atoms with Crippen LogP contribution >= 0.6 is 0 Å². The lowest BCUT2D eigenvalue weighted by Gasteiger charge is -1.98. The molecule has 0 N–H and O–H groups in total. The van der Waals surface area contributed by atoms with Crippen molar-refractivity contribution in [1.29, 1.82) is 0 Å². The fourth-order valence-corrected chi connectivity index (χ4v) is 0.903. The highest BCUT2D eigenvalue weighted by Crippen LogP contribution is 2.03. The summed E-state index contributed by atoms with van der Waals surface area (Å²) in [5.41, 5.74) is 0.889. The first kappa shape index (κ1) is 6.20. The highest BCUT2D eigenvalue weighted by molar-refractivity contribution is 5.74. The van der Waals surface area contributed by atoms with Gasteiger partial charge in [0.25, 0.3) is 0 Å². The van der Waals surface area contributed by atoms with Crippen molar-refractivity contribution in [2.75, 3.05) is 7.05 Å². The van der Waals surface area contributed by atoms with E-state index in [9.17, 15) is 4.79 Å². The summed E-state index contributed by atoms with van der Waals surface area (Å²) in [7, 11) is 1.93. The van der Waals surface area contributed by atoms with Crippen LogP contribution in [0.4, 0.5) is 0 Å². The number of nitrogens with zero attached hydrogens (tertiary/aromatic N) is 1. The molecule has 9 heavy (non-hydrogen) atoms. The summed E-state index contributed by atoms with van der Waals surface area (Å²) < 4.78 is 1.92. The topological polar surface area (TPSA) is 20.1 Å². The normalized spacial score (nSPS) is 18.3. The van der Waals surface area contributed by atoms with E-state index in [1.54, 1.807) is 0 Å². The van der Waals surface area contributed by atoms with Crippen LogP contribution in [0, 0.1) is 0 Å². The molecule has 0 bridgehead atoms. The van der Waals surface area contributed by atoms with Gasteiger partial charge in [0.15, 0.2) is 12.5 Å². The van der Waals surface area contributed by atoms with Crippen molar-refractivity contribution >= 4 is 12.5 Å². The Labute approximate surface area is 54.5 Å². The van der Waals surface area contributed by atoms with Crippen molar-refractivity contribution in [2.24, 2.45) is 0 Å². The Bertz CT molecular complexity index is 179. The molecule has 0 atom stereocenters. The maximum atomic E-state index is 10.2. The number of aldehydes is 1. The molecule has 1 aliphatic heterocycles. The lowest BCUT2D eigenvalue weighted by molar-refractivity contribution is -0.420. The first-order chi connectivity index (χ1) is 4.33. The molecule has 0 radical (unpaired) electrons. The minimum absolute atomic E-state index is 0.889. The Morgan fingerprint density at radius 2 is 2.56 bits per heavy atom. The lowest BCUT2D eigenvalue weighted by atomic mass is 10.1. The van der Waals surface area contributed by atoms with Gasteiger partial charge in [-0.2, -0.15) is 0 Å². The van der Waals surface area contributed by atoms with Crippen LogP contribution in [0.3, 0.4) is 0 Å². The minimum Gasteiger partial charge on any atom is -0.298 e. The van der Waals surface area contributed by atoms with E-state index in [1.165, 1.54) is 0 Å². The van der Waals surface area contributed by atoms with Gasteiger partial charge >= 0.3 is 0 Å². The summed E-state index contributed by atoms with van der Waals surface area (Å²) in [6.45, 7) is 0. The molecule has 1 rings (SSSR count). The summed E-state index contributed by atoms with van der Waals surface area (Å²) in [4.78, 5) is 10.2. The second-order valence-electron chi connectivity index (χ2n) is 2.21. The van der Waals surface area contributed by atoms with Crippen molar-refractivity contribution in [3.05, 3.63) is 11.8 Å². The van der Waals surface area contributed by atoms with Gasteiger partial charge in [0.05, 0.1) is 5.57 Å².